The van der Waals surface area contributed by atoms with E-state index in [1.807, 2.05) is 65.6 Å². The molecule has 130 valence electrons. The van der Waals surface area contributed by atoms with Crippen molar-refractivity contribution in [3.8, 4) is 5.75 Å². The summed E-state index contributed by atoms with van der Waals surface area (Å²) in [4.78, 5) is 26.1. The topological polar surface area (TPSA) is 58.6 Å². The lowest BCUT2D eigenvalue weighted by molar-refractivity contribution is -0.129. The van der Waals surface area contributed by atoms with E-state index in [4.69, 9.17) is 4.74 Å². The van der Waals surface area contributed by atoms with Gasteiger partial charge in [-0.3, -0.25) is 9.59 Å². The molecule has 1 heterocycles. The molecule has 0 saturated carbocycles. The van der Waals surface area contributed by atoms with Crippen molar-refractivity contribution in [1.82, 2.24) is 10.2 Å². The molecular formula is C20H22N2O3. The molecule has 1 fully saturated rings. The Morgan fingerprint density at radius 3 is 2.40 bits per heavy atom. The van der Waals surface area contributed by atoms with Crippen LogP contribution in [0.2, 0.25) is 0 Å². The first-order chi connectivity index (χ1) is 12.2. The summed E-state index contributed by atoms with van der Waals surface area (Å²) in [5, 5.41) is 2.99. The summed E-state index contributed by atoms with van der Waals surface area (Å²) in [5.41, 5.74) is 0.982. The molecule has 0 spiro atoms. The van der Waals surface area contributed by atoms with Crippen molar-refractivity contribution in [3.63, 3.8) is 0 Å². The molecule has 5 nitrogen and oxygen atoms in total. The van der Waals surface area contributed by atoms with Gasteiger partial charge in [0.15, 0.2) is 6.61 Å². The predicted molar refractivity (Wildman–Crippen MR) is 95.1 cm³/mol. The maximum absolute atomic E-state index is 12.3. The molecule has 1 unspecified atom stereocenters. The van der Waals surface area contributed by atoms with Crippen molar-refractivity contribution >= 4 is 11.8 Å². The van der Waals surface area contributed by atoms with Crippen LogP contribution in [0.25, 0.3) is 0 Å². The van der Waals surface area contributed by atoms with Crippen LogP contribution in [0, 0.1) is 0 Å². The van der Waals surface area contributed by atoms with Crippen LogP contribution in [0.15, 0.2) is 60.7 Å². The van der Waals surface area contributed by atoms with Crippen molar-refractivity contribution in [2.45, 2.75) is 18.9 Å². The van der Waals surface area contributed by atoms with E-state index in [0.717, 1.165) is 18.5 Å². The lowest BCUT2D eigenvalue weighted by Crippen LogP contribution is -2.40. The van der Waals surface area contributed by atoms with Gasteiger partial charge in [-0.15, -0.1) is 0 Å². The Morgan fingerprint density at radius 1 is 1.08 bits per heavy atom. The van der Waals surface area contributed by atoms with E-state index >= 15 is 0 Å². The monoisotopic (exact) mass is 338 g/mol. The highest BCUT2D eigenvalue weighted by atomic mass is 16.5. The lowest BCUT2D eigenvalue weighted by Gasteiger charge is -2.25. The van der Waals surface area contributed by atoms with E-state index in [2.05, 4.69) is 5.32 Å². The average molecular weight is 338 g/mol. The fraction of sp³-hybridized carbons (Fsp3) is 0.300. The fourth-order valence-electron chi connectivity index (χ4n) is 2.94. The maximum atomic E-state index is 12.3. The lowest BCUT2D eigenvalue weighted by atomic mass is 10.1. The van der Waals surface area contributed by atoms with Crippen molar-refractivity contribution < 1.29 is 14.3 Å². The quantitative estimate of drug-likeness (QED) is 0.844. The summed E-state index contributed by atoms with van der Waals surface area (Å²) in [6.07, 6.45) is 1.47. The molecule has 25 heavy (non-hydrogen) atoms. The number of carbonyl (C=O) groups excluding carboxylic acids is 2. The second-order valence-corrected chi connectivity index (χ2v) is 6.08. The molecule has 0 aliphatic carbocycles. The van der Waals surface area contributed by atoms with Gasteiger partial charge in [0.2, 0.25) is 5.91 Å². The van der Waals surface area contributed by atoms with Crippen LogP contribution in [0.5, 0.6) is 5.75 Å². The minimum atomic E-state index is -0.241. The van der Waals surface area contributed by atoms with Crippen LogP contribution in [0.1, 0.15) is 24.4 Å². The molecule has 2 aromatic carbocycles. The van der Waals surface area contributed by atoms with Crippen molar-refractivity contribution in [2.75, 3.05) is 19.7 Å². The van der Waals surface area contributed by atoms with E-state index in [9.17, 15) is 9.59 Å². The molecule has 0 aromatic heterocycles. The van der Waals surface area contributed by atoms with Crippen LogP contribution in [-0.2, 0) is 9.59 Å². The number of carbonyl (C=O) groups is 2. The number of ether oxygens (including phenoxy) is 1. The van der Waals surface area contributed by atoms with Crippen LogP contribution in [0.4, 0.5) is 0 Å². The molecular weight excluding hydrogens is 316 g/mol. The Labute approximate surface area is 147 Å². The molecule has 1 atom stereocenters. The maximum Gasteiger partial charge on any atom is 0.258 e. The predicted octanol–water partition coefficient (Wildman–Crippen LogP) is 2.55. The summed E-state index contributed by atoms with van der Waals surface area (Å²) < 4.78 is 5.50. The number of rotatable bonds is 7. The van der Waals surface area contributed by atoms with E-state index in [1.165, 1.54) is 0 Å². The highest BCUT2D eigenvalue weighted by Crippen LogP contribution is 2.18. The van der Waals surface area contributed by atoms with Gasteiger partial charge >= 0.3 is 0 Å². The average Bonchev–Trinajstić information content (AvgIpc) is 3.06. The molecule has 2 amide bonds. The van der Waals surface area contributed by atoms with E-state index < -0.39 is 0 Å². The first-order valence-electron chi connectivity index (χ1n) is 8.52. The second-order valence-electron chi connectivity index (χ2n) is 6.08. The largest absolute Gasteiger partial charge is 0.484 e. The van der Waals surface area contributed by atoms with Gasteiger partial charge in [0.05, 0.1) is 6.04 Å². The Kier molecular flexibility index (Phi) is 5.67. The van der Waals surface area contributed by atoms with Crippen LogP contribution in [-0.4, -0.2) is 36.4 Å². The summed E-state index contributed by atoms with van der Waals surface area (Å²) in [5.74, 6) is 0.601. The third-order valence-electron chi connectivity index (χ3n) is 4.22. The van der Waals surface area contributed by atoms with Crippen molar-refractivity contribution in [3.05, 3.63) is 66.2 Å². The van der Waals surface area contributed by atoms with Crippen molar-refractivity contribution in [1.29, 1.82) is 0 Å². The fourth-order valence-corrected chi connectivity index (χ4v) is 2.94. The summed E-state index contributed by atoms with van der Waals surface area (Å²) in [7, 11) is 0. The molecule has 1 N–H and O–H groups in total. The molecule has 2 aromatic rings. The number of para-hydroxylation sites is 1. The Balaban J connectivity index is 1.62. The Bertz CT molecular complexity index is 703. The van der Waals surface area contributed by atoms with Gasteiger partial charge < -0.3 is 15.0 Å². The number of nitrogens with zero attached hydrogens (tertiary/aromatic N) is 1. The molecule has 1 aliphatic rings. The normalized spacial score (nSPS) is 15.0. The van der Waals surface area contributed by atoms with Gasteiger partial charge in [-0.1, -0.05) is 48.5 Å². The smallest absolute Gasteiger partial charge is 0.258 e. The Hall–Kier alpha value is -2.82. The SMILES string of the molecule is O=C(COc1ccccc1)NC(CN1CCCC1=O)c1ccccc1. The molecule has 1 aliphatic heterocycles. The third kappa shape index (κ3) is 4.83. The van der Waals surface area contributed by atoms with Gasteiger partial charge in [0, 0.05) is 19.5 Å². The van der Waals surface area contributed by atoms with Gasteiger partial charge in [-0.25, -0.2) is 0 Å². The van der Waals surface area contributed by atoms with Gasteiger partial charge in [0.1, 0.15) is 5.75 Å². The second kappa shape index (κ2) is 8.33. The zero-order valence-corrected chi connectivity index (χ0v) is 14.1. The van der Waals surface area contributed by atoms with Gasteiger partial charge in [-0.2, -0.15) is 0 Å². The van der Waals surface area contributed by atoms with Crippen LogP contribution < -0.4 is 10.1 Å². The van der Waals surface area contributed by atoms with Gasteiger partial charge in [0.25, 0.3) is 5.91 Å². The first-order valence-corrected chi connectivity index (χ1v) is 8.52. The minimum absolute atomic E-state index is 0.0543. The molecule has 0 bridgehead atoms. The summed E-state index contributed by atoms with van der Waals surface area (Å²) in [6, 6.07) is 18.7. The van der Waals surface area contributed by atoms with E-state index in [-0.39, 0.29) is 24.5 Å². The third-order valence-corrected chi connectivity index (χ3v) is 4.22. The molecule has 1 saturated heterocycles. The standard InChI is InChI=1S/C20H22N2O3/c23-19(15-25-17-10-5-2-6-11-17)21-18(16-8-3-1-4-9-16)14-22-13-7-12-20(22)24/h1-6,8-11,18H,7,12-15H2,(H,21,23). The highest BCUT2D eigenvalue weighted by Gasteiger charge is 2.25. The summed E-state index contributed by atoms with van der Waals surface area (Å²) >= 11 is 0. The molecule has 5 heteroatoms. The number of hydrogen-bond donors (Lipinski definition) is 1. The van der Waals surface area contributed by atoms with Gasteiger partial charge in [-0.05, 0) is 24.1 Å². The van der Waals surface area contributed by atoms with Crippen LogP contribution in [0.3, 0.4) is 0 Å². The zero-order valence-electron chi connectivity index (χ0n) is 14.1. The van der Waals surface area contributed by atoms with E-state index in [1.54, 1.807) is 0 Å². The minimum Gasteiger partial charge on any atom is -0.484 e. The first kappa shape index (κ1) is 17.0. The molecule has 3 rings (SSSR count). The number of amides is 2. The van der Waals surface area contributed by atoms with Crippen LogP contribution >= 0.6 is 0 Å². The Morgan fingerprint density at radius 2 is 1.76 bits per heavy atom. The zero-order chi connectivity index (χ0) is 17.5. The highest BCUT2D eigenvalue weighted by molar-refractivity contribution is 5.79. The number of nitrogens with one attached hydrogen (secondary N) is 1. The number of hydrogen-bond acceptors (Lipinski definition) is 3. The summed E-state index contributed by atoms with van der Waals surface area (Å²) in [6.45, 7) is 1.18. The van der Waals surface area contributed by atoms with E-state index in [0.29, 0.717) is 18.7 Å². The number of likely N-dealkylation sites (tertiary alicyclic amines) is 1. The molecule has 0 radical (unpaired) electrons. The van der Waals surface area contributed by atoms with Crippen molar-refractivity contribution in [2.24, 2.45) is 0 Å². The number of benzene rings is 2.